The Kier molecular flexibility index (Phi) is 5.72. The third kappa shape index (κ3) is 4.44. The zero-order chi connectivity index (χ0) is 19.3. The number of aromatic nitrogens is 2. The number of nitrogens with one attached hydrogen (secondary N) is 1. The molecule has 0 aliphatic heterocycles. The first-order valence-electron chi connectivity index (χ1n) is 8.13. The molecule has 3 rings (SSSR count). The van der Waals surface area contributed by atoms with Gasteiger partial charge in [0.25, 0.3) is 0 Å². The van der Waals surface area contributed by atoms with Crippen LogP contribution < -0.4 is 14.2 Å². The number of hydrogen-bond donors (Lipinski definition) is 1. The summed E-state index contributed by atoms with van der Waals surface area (Å²) in [4.78, 5) is 4.45. The highest BCUT2D eigenvalue weighted by molar-refractivity contribution is 7.89. The number of ether oxygens (including phenoxy) is 2. The van der Waals surface area contributed by atoms with Crippen molar-refractivity contribution in [2.45, 2.75) is 11.3 Å². The molecule has 0 radical (unpaired) electrons. The summed E-state index contributed by atoms with van der Waals surface area (Å²) in [6, 6.07) is 13.4. The van der Waals surface area contributed by atoms with Gasteiger partial charge in [-0.25, -0.2) is 13.1 Å². The second-order valence-corrected chi connectivity index (χ2v) is 7.30. The average Bonchev–Trinajstić information content (AvgIpc) is 3.16. The van der Waals surface area contributed by atoms with E-state index >= 15 is 0 Å². The second-order valence-electron chi connectivity index (χ2n) is 5.54. The van der Waals surface area contributed by atoms with Gasteiger partial charge in [-0.15, -0.1) is 0 Å². The van der Waals surface area contributed by atoms with Crippen LogP contribution in [-0.2, 0) is 16.4 Å². The first-order chi connectivity index (χ1) is 13.0. The van der Waals surface area contributed by atoms with Crippen LogP contribution >= 0.6 is 0 Å². The van der Waals surface area contributed by atoms with Crippen LogP contribution in [0.4, 0.5) is 0 Å². The lowest BCUT2D eigenvalue weighted by molar-refractivity contribution is 0.378. The lowest BCUT2D eigenvalue weighted by Gasteiger charge is -2.06. The van der Waals surface area contributed by atoms with Crippen molar-refractivity contribution in [2.75, 3.05) is 20.8 Å². The Morgan fingerprint density at radius 2 is 1.78 bits per heavy atom. The SMILES string of the molecule is COc1ccc(S(=O)(=O)NCCc2nc(-c3ccccc3OC)no2)cc1. The minimum Gasteiger partial charge on any atom is -0.497 e. The van der Waals surface area contributed by atoms with Gasteiger partial charge in [-0.3, -0.25) is 0 Å². The number of rotatable bonds is 8. The molecule has 1 N–H and O–H groups in total. The summed E-state index contributed by atoms with van der Waals surface area (Å²) in [6.07, 6.45) is 0.261. The number of sulfonamides is 1. The molecule has 0 aliphatic rings. The molecule has 0 aliphatic carbocycles. The third-order valence-corrected chi connectivity index (χ3v) is 5.29. The van der Waals surface area contributed by atoms with Crippen molar-refractivity contribution in [3.05, 3.63) is 54.4 Å². The average molecular weight is 389 g/mol. The summed E-state index contributed by atoms with van der Waals surface area (Å²) in [5, 5.41) is 3.93. The molecule has 2 aromatic carbocycles. The summed E-state index contributed by atoms with van der Waals surface area (Å²) in [5.74, 6) is 1.93. The van der Waals surface area contributed by atoms with E-state index in [4.69, 9.17) is 14.0 Å². The summed E-state index contributed by atoms with van der Waals surface area (Å²) >= 11 is 0. The Labute approximate surface area is 157 Å². The minimum absolute atomic E-state index is 0.127. The number of methoxy groups -OCH3 is 2. The summed E-state index contributed by atoms with van der Waals surface area (Å²) in [5.41, 5.74) is 0.703. The van der Waals surface area contributed by atoms with Crippen LogP contribution in [0.5, 0.6) is 11.5 Å². The van der Waals surface area contributed by atoms with Crippen molar-refractivity contribution in [3.63, 3.8) is 0 Å². The molecular weight excluding hydrogens is 370 g/mol. The van der Waals surface area contributed by atoms with Gasteiger partial charge in [0.1, 0.15) is 11.5 Å². The van der Waals surface area contributed by atoms with Gasteiger partial charge in [-0.1, -0.05) is 17.3 Å². The van der Waals surface area contributed by atoms with E-state index in [0.717, 1.165) is 0 Å². The Morgan fingerprint density at radius 1 is 1.04 bits per heavy atom. The fourth-order valence-corrected chi connectivity index (χ4v) is 3.46. The summed E-state index contributed by atoms with van der Waals surface area (Å²) in [7, 11) is -0.544. The van der Waals surface area contributed by atoms with Crippen molar-refractivity contribution in [1.29, 1.82) is 0 Å². The van der Waals surface area contributed by atoms with Crippen LogP contribution in [0.15, 0.2) is 57.9 Å². The molecular formula is C18H19N3O5S. The monoisotopic (exact) mass is 389 g/mol. The number of para-hydroxylation sites is 1. The zero-order valence-corrected chi connectivity index (χ0v) is 15.7. The maximum atomic E-state index is 12.3. The van der Waals surface area contributed by atoms with Gasteiger partial charge in [0.15, 0.2) is 0 Å². The van der Waals surface area contributed by atoms with E-state index < -0.39 is 10.0 Å². The van der Waals surface area contributed by atoms with E-state index in [9.17, 15) is 8.42 Å². The van der Waals surface area contributed by atoms with Crippen LogP contribution in [0.2, 0.25) is 0 Å². The van der Waals surface area contributed by atoms with Gasteiger partial charge >= 0.3 is 0 Å². The molecule has 0 amide bonds. The Morgan fingerprint density at radius 3 is 2.48 bits per heavy atom. The molecule has 0 atom stereocenters. The molecule has 27 heavy (non-hydrogen) atoms. The van der Waals surface area contributed by atoms with Crippen molar-refractivity contribution in [3.8, 4) is 22.9 Å². The smallest absolute Gasteiger partial charge is 0.240 e. The molecule has 9 heteroatoms. The molecule has 0 saturated heterocycles. The van der Waals surface area contributed by atoms with Crippen LogP contribution in [0.3, 0.4) is 0 Å². The van der Waals surface area contributed by atoms with Crippen molar-refractivity contribution in [1.82, 2.24) is 14.9 Å². The lowest BCUT2D eigenvalue weighted by atomic mass is 10.2. The topological polar surface area (TPSA) is 104 Å². The van der Waals surface area contributed by atoms with Crippen LogP contribution in [0.1, 0.15) is 5.89 Å². The van der Waals surface area contributed by atoms with Crippen LogP contribution in [0, 0.1) is 0 Å². The molecule has 0 bridgehead atoms. The number of hydrogen-bond acceptors (Lipinski definition) is 7. The predicted octanol–water partition coefficient (Wildman–Crippen LogP) is 2.27. The van der Waals surface area contributed by atoms with Gasteiger partial charge in [0.2, 0.25) is 21.7 Å². The van der Waals surface area contributed by atoms with Gasteiger partial charge in [0.05, 0.1) is 24.7 Å². The largest absolute Gasteiger partial charge is 0.497 e. The van der Waals surface area contributed by atoms with Gasteiger partial charge in [-0.2, -0.15) is 4.98 Å². The highest BCUT2D eigenvalue weighted by atomic mass is 32.2. The predicted molar refractivity (Wildman–Crippen MR) is 98.2 cm³/mol. The molecule has 0 spiro atoms. The van der Waals surface area contributed by atoms with E-state index in [1.807, 2.05) is 18.2 Å². The Balaban J connectivity index is 1.63. The molecule has 0 fully saturated rings. The molecule has 0 saturated carbocycles. The van der Waals surface area contributed by atoms with E-state index in [0.29, 0.717) is 28.8 Å². The fraction of sp³-hybridized carbons (Fsp3) is 0.222. The number of benzene rings is 2. The quantitative estimate of drug-likeness (QED) is 0.630. The molecule has 1 heterocycles. The lowest BCUT2D eigenvalue weighted by Crippen LogP contribution is -2.26. The van der Waals surface area contributed by atoms with Gasteiger partial charge in [-0.05, 0) is 36.4 Å². The normalized spacial score (nSPS) is 11.3. The highest BCUT2D eigenvalue weighted by Gasteiger charge is 2.16. The third-order valence-electron chi connectivity index (χ3n) is 3.82. The molecule has 142 valence electrons. The maximum absolute atomic E-state index is 12.3. The molecule has 3 aromatic rings. The zero-order valence-electron chi connectivity index (χ0n) is 14.9. The number of nitrogens with zero attached hydrogens (tertiary/aromatic N) is 2. The Bertz CT molecular complexity index is 1000. The van der Waals surface area contributed by atoms with E-state index in [-0.39, 0.29) is 17.9 Å². The minimum atomic E-state index is -3.63. The van der Waals surface area contributed by atoms with Crippen molar-refractivity contribution >= 4 is 10.0 Å². The first-order valence-corrected chi connectivity index (χ1v) is 9.61. The van der Waals surface area contributed by atoms with Crippen molar-refractivity contribution < 1.29 is 22.4 Å². The van der Waals surface area contributed by atoms with Crippen LogP contribution in [-0.4, -0.2) is 39.3 Å². The highest BCUT2D eigenvalue weighted by Crippen LogP contribution is 2.27. The van der Waals surface area contributed by atoms with E-state index in [1.54, 1.807) is 25.3 Å². The standard InChI is InChI=1S/C18H19N3O5S/c1-24-13-7-9-14(10-8-13)27(22,23)19-12-11-17-20-18(21-26-17)15-5-3-4-6-16(15)25-2/h3-10,19H,11-12H2,1-2H3. The summed E-state index contributed by atoms with van der Waals surface area (Å²) in [6.45, 7) is 0.127. The van der Waals surface area contributed by atoms with Crippen LogP contribution in [0.25, 0.3) is 11.4 Å². The fourth-order valence-electron chi connectivity index (χ4n) is 2.43. The maximum Gasteiger partial charge on any atom is 0.240 e. The molecule has 8 nitrogen and oxygen atoms in total. The molecule has 0 unspecified atom stereocenters. The Hall–Kier alpha value is -2.91. The molecule has 1 aromatic heterocycles. The first kappa shape index (κ1) is 18.9. The van der Waals surface area contributed by atoms with E-state index in [1.165, 1.54) is 19.2 Å². The van der Waals surface area contributed by atoms with Crippen molar-refractivity contribution in [2.24, 2.45) is 0 Å². The second kappa shape index (κ2) is 8.19. The van der Waals surface area contributed by atoms with Gasteiger partial charge in [0, 0.05) is 13.0 Å². The summed E-state index contributed by atoms with van der Waals surface area (Å²) < 4.78 is 42.6. The van der Waals surface area contributed by atoms with E-state index in [2.05, 4.69) is 14.9 Å². The van der Waals surface area contributed by atoms with Gasteiger partial charge < -0.3 is 14.0 Å².